The zero-order chi connectivity index (χ0) is 15.6. The van der Waals surface area contributed by atoms with E-state index in [2.05, 4.69) is 0 Å². The Bertz CT molecular complexity index is 637. The molecule has 0 unspecified atom stereocenters. The summed E-state index contributed by atoms with van der Waals surface area (Å²) in [5.74, 6) is 0.251. The largest absolute Gasteiger partial charge is 0.338 e. The number of rotatable bonds is 3. The predicted molar refractivity (Wildman–Crippen MR) is 84.3 cm³/mol. The highest BCUT2D eigenvalue weighted by molar-refractivity contribution is 7.90. The van der Waals surface area contributed by atoms with Crippen molar-refractivity contribution in [3.63, 3.8) is 0 Å². The molecular weight excluding hydrogens is 286 g/mol. The Labute approximate surface area is 127 Å². The van der Waals surface area contributed by atoms with Crippen LogP contribution in [0.3, 0.4) is 0 Å². The van der Waals surface area contributed by atoms with E-state index >= 15 is 0 Å². The van der Waals surface area contributed by atoms with Crippen molar-refractivity contribution in [3.05, 3.63) is 34.9 Å². The van der Waals surface area contributed by atoms with Crippen LogP contribution in [0.15, 0.2) is 18.2 Å². The Kier molecular flexibility index (Phi) is 4.71. The van der Waals surface area contributed by atoms with E-state index in [1.807, 2.05) is 32.0 Å². The number of hydrogen-bond acceptors (Lipinski definition) is 3. The van der Waals surface area contributed by atoms with E-state index in [-0.39, 0.29) is 17.6 Å². The van der Waals surface area contributed by atoms with Crippen molar-refractivity contribution in [2.45, 2.75) is 26.7 Å². The lowest BCUT2D eigenvalue weighted by atomic mass is 9.97. The molecule has 1 aromatic rings. The van der Waals surface area contributed by atoms with Gasteiger partial charge in [-0.2, -0.15) is 0 Å². The Morgan fingerprint density at radius 1 is 1.33 bits per heavy atom. The molecule has 116 valence electrons. The summed E-state index contributed by atoms with van der Waals surface area (Å²) in [4.78, 5) is 14.5. The highest BCUT2D eigenvalue weighted by Crippen LogP contribution is 2.22. The van der Waals surface area contributed by atoms with E-state index in [1.54, 1.807) is 4.90 Å². The van der Waals surface area contributed by atoms with Gasteiger partial charge in [-0.25, -0.2) is 8.42 Å². The normalized spacial score (nSPS) is 19.6. The van der Waals surface area contributed by atoms with Crippen LogP contribution in [-0.2, 0) is 9.84 Å². The summed E-state index contributed by atoms with van der Waals surface area (Å²) in [6, 6.07) is 5.74. The van der Waals surface area contributed by atoms with Crippen LogP contribution in [-0.4, -0.2) is 44.3 Å². The molecule has 2 rings (SSSR count). The van der Waals surface area contributed by atoms with Crippen molar-refractivity contribution in [2.75, 3.05) is 25.1 Å². The van der Waals surface area contributed by atoms with Crippen LogP contribution in [0.25, 0.3) is 0 Å². The SMILES string of the molecule is Cc1cccc(C(=O)N2CCC[C@H](CS(C)(=O)=O)C2)c1C. The first-order chi connectivity index (χ1) is 9.78. The Balaban J connectivity index is 2.14. The first kappa shape index (κ1) is 16.0. The number of benzene rings is 1. The lowest BCUT2D eigenvalue weighted by molar-refractivity contribution is 0.0683. The molecule has 1 heterocycles. The van der Waals surface area contributed by atoms with Gasteiger partial charge in [0.15, 0.2) is 0 Å². The molecule has 5 heteroatoms. The monoisotopic (exact) mass is 309 g/mol. The predicted octanol–water partition coefficient (Wildman–Crippen LogP) is 2.20. The lowest BCUT2D eigenvalue weighted by Crippen LogP contribution is -2.42. The maximum Gasteiger partial charge on any atom is 0.254 e. The molecule has 1 saturated heterocycles. The molecule has 1 atom stereocenters. The number of likely N-dealkylation sites (tertiary alicyclic amines) is 1. The number of carbonyl (C=O) groups excluding carboxylic acids is 1. The van der Waals surface area contributed by atoms with Crippen LogP contribution >= 0.6 is 0 Å². The molecule has 4 nitrogen and oxygen atoms in total. The second-order valence-electron chi connectivity index (χ2n) is 6.10. The molecule has 1 aliphatic rings. The maximum absolute atomic E-state index is 12.7. The molecule has 1 fully saturated rings. The van der Waals surface area contributed by atoms with Crippen molar-refractivity contribution in [1.29, 1.82) is 0 Å². The van der Waals surface area contributed by atoms with Crippen molar-refractivity contribution in [3.8, 4) is 0 Å². The van der Waals surface area contributed by atoms with Gasteiger partial charge >= 0.3 is 0 Å². The average Bonchev–Trinajstić information content (AvgIpc) is 2.39. The van der Waals surface area contributed by atoms with Crippen LogP contribution in [0, 0.1) is 19.8 Å². The fourth-order valence-corrected chi connectivity index (χ4v) is 4.10. The average molecular weight is 309 g/mol. The van der Waals surface area contributed by atoms with Crippen molar-refractivity contribution in [2.24, 2.45) is 5.92 Å². The number of hydrogen-bond donors (Lipinski definition) is 0. The van der Waals surface area contributed by atoms with Gasteiger partial charge in [0.05, 0.1) is 5.75 Å². The van der Waals surface area contributed by atoms with Gasteiger partial charge in [-0.05, 0) is 49.8 Å². The number of sulfone groups is 1. The van der Waals surface area contributed by atoms with Crippen LogP contribution in [0.2, 0.25) is 0 Å². The van der Waals surface area contributed by atoms with E-state index in [4.69, 9.17) is 0 Å². The molecule has 0 saturated carbocycles. The van der Waals surface area contributed by atoms with Gasteiger partial charge in [0, 0.05) is 24.9 Å². The van der Waals surface area contributed by atoms with Gasteiger partial charge in [-0.15, -0.1) is 0 Å². The molecule has 1 aliphatic heterocycles. The molecule has 0 N–H and O–H groups in total. The summed E-state index contributed by atoms with van der Waals surface area (Å²) in [5, 5.41) is 0. The quantitative estimate of drug-likeness (QED) is 0.860. The van der Waals surface area contributed by atoms with Crippen LogP contribution in [0.4, 0.5) is 0 Å². The van der Waals surface area contributed by atoms with Gasteiger partial charge in [-0.3, -0.25) is 4.79 Å². The Morgan fingerprint density at radius 3 is 2.71 bits per heavy atom. The van der Waals surface area contributed by atoms with Crippen molar-refractivity contribution < 1.29 is 13.2 Å². The zero-order valence-electron chi connectivity index (χ0n) is 12.9. The lowest BCUT2D eigenvalue weighted by Gasteiger charge is -2.33. The first-order valence-corrected chi connectivity index (χ1v) is 9.37. The van der Waals surface area contributed by atoms with E-state index < -0.39 is 9.84 Å². The Morgan fingerprint density at radius 2 is 2.05 bits per heavy atom. The number of aryl methyl sites for hydroxylation is 1. The standard InChI is InChI=1S/C16H23NO3S/c1-12-6-4-8-15(13(12)2)16(18)17-9-5-7-14(10-17)11-21(3,19)20/h4,6,8,14H,5,7,9-11H2,1-3H3/t14-/m0/s1. The third-order valence-corrected chi connectivity index (χ3v) is 5.26. The van der Waals surface area contributed by atoms with Crippen LogP contribution in [0.5, 0.6) is 0 Å². The molecule has 1 aromatic carbocycles. The second kappa shape index (κ2) is 6.18. The first-order valence-electron chi connectivity index (χ1n) is 7.31. The van der Waals surface area contributed by atoms with Crippen molar-refractivity contribution in [1.82, 2.24) is 4.90 Å². The third-order valence-electron chi connectivity index (χ3n) is 4.18. The summed E-state index contributed by atoms with van der Waals surface area (Å²) in [6.45, 7) is 5.21. The molecule has 0 bridgehead atoms. The molecule has 0 aliphatic carbocycles. The molecular formula is C16H23NO3S. The molecule has 0 aromatic heterocycles. The maximum atomic E-state index is 12.7. The van der Waals surface area contributed by atoms with E-state index in [9.17, 15) is 13.2 Å². The number of carbonyl (C=O) groups is 1. The highest BCUT2D eigenvalue weighted by Gasteiger charge is 2.27. The fourth-order valence-electron chi connectivity index (χ4n) is 2.97. The third kappa shape index (κ3) is 4.06. The molecule has 0 radical (unpaired) electrons. The molecule has 1 amide bonds. The summed E-state index contributed by atoms with van der Waals surface area (Å²) in [7, 11) is -2.99. The zero-order valence-corrected chi connectivity index (χ0v) is 13.7. The minimum Gasteiger partial charge on any atom is -0.338 e. The summed E-state index contributed by atoms with van der Waals surface area (Å²) in [5.41, 5.74) is 2.84. The van der Waals surface area contributed by atoms with Crippen molar-refractivity contribution >= 4 is 15.7 Å². The minimum absolute atomic E-state index is 0.0226. The van der Waals surface area contributed by atoms with Gasteiger partial charge in [0.2, 0.25) is 0 Å². The van der Waals surface area contributed by atoms with Gasteiger partial charge in [-0.1, -0.05) is 12.1 Å². The molecule has 21 heavy (non-hydrogen) atoms. The fraction of sp³-hybridized carbons (Fsp3) is 0.562. The number of amides is 1. The van der Waals surface area contributed by atoms with Gasteiger partial charge < -0.3 is 4.90 Å². The highest BCUT2D eigenvalue weighted by atomic mass is 32.2. The van der Waals surface area contributed by atoms with E-state index in [0.717, 1.165) is 29.5 Å². The van der Waals surface area contributed by atoms with Crippen LogP contribution < -0.4 is 0 Å². The van der Waals surface area contributed by atoms with Gasteiger partial charge in [0.1, 0.15) is 9.84 Å². The minimum atomic E-state index is -2.99. The number of nitrogens with zero attached hydrogens (tertiary/aromatic N) is 1. The van der Waals surface area contributed by atoms with E-state index in [1.165, 1.54) is 6.26 Å². The second-order valence-corrected chi connectivity index (χ2v) is 8.28. The topological polar surface area (TPSA) is 54.5 Å². The summed E-state index contributed by atoms with van der Waals surface area (Å²) < 4.78 is 22.9. The Hall–Kier alpha value is -1.36. The van der Waals surface area contributed by atoms with Crippen LogP contribution in [0.1, 0.15) is 34.3 Å². The summed E-state index contributed by atoms with van der Waals surface area (Å²) >= 11 is 0. The molecule has 0 spiro atoms. The van der Waals surface area contributed by atoms with E-state index in [0.29, 0.717) is 13.1 Å². The summed E-state index contributed by atoms with van der Waals surface area (Å²) in [6.07, 6.45) is 3.01. The van der Waals surface area contributed by atoms with Gasteiger partial charge in [0.25, 0.3) is 5.91 Å². The number of piperidine rings is 1. The smallest absolute Gasteiger partial charge is 0.254 e.